The van der Waals surface area contributed by atoms with Gasteiger partial charge in [-0.2, -0.15) is 0 Å². The van der Waals surface area contributed by atoms with E-state index in [1.165, 1.54) is 0 Å². The van der Waals surface area contributed by atoms with Crippen molar-refractivity contribution >= 4 is 52.2 Å². The van der Waals surface area contributed by atoms with E-state index in [4.69, 9.17) is 34.8 Å². The summed E-state index contributed by atoms with van der Waals surface area (Å²) in [6, 6.07) is 14.9. The molecule has 3 aromatic carbocycles. The number of benzene rings is 3. The average Bonchev–Trinajstić information content (AvgIpc) is 2.73. The summed E-state index contributed by atoms with van der Waals surface area (Å²) in [5, 5.41) is 4.21. The number of nitrogens with one attached hydrogen (secondary N) is 1. The molecule has 0 aromatic heterocycles. The van der Waals surface area contributed by atoms with E-state index >= 15 is 0 Å². The van der Waals surface area contributed by atoms with Crippen LogP contribution in [-0.2, 0) is 0 Å². The van der Waals surface area contributed by atoms with E-state index < -0.39 is 17.7 Å². The fourth-order valence-electron chi connectivity index (χ4n) is 3.77. The Labute approximate surface area is 199 Å². The third-order valence-electron chi connectivity index (χ3n) is 5.26. The Hall–Kier alpha value is -2.54. The molecule has 0 saturated carbocycles. The summed E-state index contributed by atoms with van der Waals surface area (Å²) in [5.41, 5.74) is 1.79. The Kier molecular flexibility index (Phi) is 6.74. The van der Waals surface area contributed by atoms with Crippen molar-refractivity contribution in [3.8, 4) is 0 Å². The van der Waals surface area contributed by atoms with Crippen LogP contribution in [0.3, 0.4) is 0 Å². The summed E-state index contributed by atoms with van der Waals surface area (Å²) in [5.74, 6) is -1.52. The van der Waals surface area contributed by atoms with E-state index in [-0.39, 0.29) is 11.7 Å². The van der Waals surface area contributed by atoms with Gasteiger partial charge in [-0.05, 0) is 48.0 Å². The minimum absolute atomic E-state index is 0.0544. The molecule has 4 rings (SSSR count). The van der Waals surface area contributed by atoms with Crippen molar-refractivity contribution in [2.24, 2.45) is 0 Å². The molecule has 1 aliphatic rings. The van der Waals surface area contributed by atoms with Crippen molar-refractivity contribution in [3.05, 3.63) is 92.9 Å². The van der Waals surface area contributed by atoms with Crippen LogP contribution in [0.4, 0.5) is 25.0 Å². The third kappa shape index (κ3) is 5.09. The maximum Gasteiger partial charge on any atom is 0.321 e. The highest BCUT2D eigenvalue weighted by Gasteiger charge is 2.32. The molecule has 1 saturated heterocycles. The van der Waals surface area contributed by atoms with Gasteiger partial charge in [-0.3, -0.25) is 0 Å². The SMILES string of the molecule is O=C(Nc1cc(F)cc(F)c1)N1CCN(c2ccc(Cl)cc2Cl)C(c2ccc(Cl)cc2)C1. The van der Waals surface area contributed by atoms with E-state index in [0.29, 0.717) is 34.7 Å². The molecule has 1 N–H and O–H groups in total. The Morgan fingerprint density at radius 2 is 1.53 bits per heavy atom. The lowest BCUT2D eigenvalue weighted by Gasteiger charge is -2.43. The van der Waals surface area contributed by atoms with Crippen molar-refractivity contribution in [1.29, 1.82) is 0 Å². The fraction of sp³-hybridized carbons (Fsp3) is 0.174. The number of anilines is 2. The first kappa shape index (κ1) is 22.6. The Morgan fingerprint density at radius 3 is 2.19 bits per heavy atom. The number of hydrogen-bond acceptors (Lipinski definition) is 2. The molecule has 0 bridgehead atoms. The summed E-state index contributed by atoms with van der Waals surface area (Å²) >= 11 is 18.6. The molecule has 0 spiro atoms. The maximum absolute atomic E-state index is 13.5. The molecule has 1 aliphatic heterocycles. The average molecular weight is 497 g/mol. The number of nitrogens with zero attached hydrogens (tertiary/aromatic N) is 2. The Morgan fingerprint density at radius 1 is 0.875 bits per heavy atom. The molecule has 0 radical (unpaired) electrons. The van der Waals surface area contributed by atoms with Crippen molar-refractivity contribution in [2.45, 2.75) is 6.04 Å². The molecular formula is C23H18Cl3F2N3O. The summed E-state index contributed by atoms with van der Waals surface area (Å²) in [7, 11) is 0. The van der Waals surface area contributed by atoms with Crippen molar-refractivity contribution < 1.29 is 13.6 Å². The van der Waals surface area contributed by atoms with Crippen molar-refractivity contribution in [1.82, 2.24) is 4.90 Å². The van der Waals surface area contributed by atoms with E-state index in [1.807, 2.05) is 18.2 Å². The molecule has 32 heavy (non-hydrogen) atoms. The third-order valence-corrected chi connectivity index (χ3v) is 6.05. The zero-order valence-corrected chi connectivity index (χ0v) is 18.9. The molecule has 0 aliphatic carbocycles. The van der Waals surface area contributed by atoms with Gasteiger partial charge in [0.05, 0.1) is 16.8 Å². The summed E-state index contributed by atoms with van der Waals surface area (Å²) < 4.78 is 27.0. The van der Waals surface area contributed by atoms with Crippen LogP contribution in [0.25, 0.3) is 0 Å². The fourth-order valence-corrected chi connectivity index (χ4v) is 4.41. The molecule has 1 heterocycles. The highest BCUT2D eigenvalue weighted by Crippen LogP contribution is 2.37. The van der Waals surface area contributed by atoms with Gasteiger partial charge in [0, 0.05) is 41.4 Å². The Balaban J connectivity index is 1.60. The number of hydrogen-bond donors (Lipinski definition) is 1. The van der Waals surface area contributed by atoms with Crippen LogP contribution in [0.2, 0.25) is 15.1 Å². The lowest BCUT2D eigenvalue weighted by atomic mass is 10.0. The zero-order valence-electron chi connectivity index (χ0n) is 16.7. The number of carbonyl (C=O) groups is 1. The van der Waals surface area contributed by atoms with E-state index in [0.717, 1.165) is 29.4 Å². The second-order valence-electron chi connectivity index (χ2n) is 7.39. The molecule has 1 atom stereocenters. The lowest BCUT2D eigenvalue weighted by Crippen LogP contribution is -2.51. The minimum atomic E-state index is -0.762. The number of piperazine rings is 1. The first-order valence-electron chi connectivity index (χ1n) is 9.79. The smallest absolute Gasteiger partial charge is 0.321 e. The standard InChI is InChI=1S/C23H18Cl3F2N3O/c24-15-3-1-14(2-4-15)22-13-30(23(32)29-19-11-17(27)10-18(28)12-19)7-8-31(22)21-6-5-16(25)9-20(21)26/h1-6,9-12,22H,7-8,13H2,(H,29,32). The van der Waals surface area contributed by atoms with Gasteiger partial charge in [-0.15, -0.1) is 0 Å². The first-order valence-corrected chi connectivity index (χ1v) is 10.9. The van der Waals surface area contributed by atoms with Gasteiger partial charge in [0.25, 0.3) is 0 Å². The normalized spacial score (nSPS) is 16.2. The van der Waals surface area contributed by atoms with Crippen LogP contribution >= 0.6 is 34.8 Å². The minimum Gasteiger partial charge on any atom is -0.360 e. The summed E-state index contributed by atoms with van der Waals surface area (Å²) in [6.45, 7) is 1.19. The predicted molar refractivity (Wildman–Crippen MR) is 125 cm³/mol. The summed E-state index contributed by atoms with van der Waals surface area (Å²) in [6.07, 6.45) is 0. The second-order valence-corrected chi connectivity index (χ2v) is 8.67. The molecule has 166 valence electrons. The molecule has 1 fully saturated rings. The largest absolute Gasteiger partial charge is 0.360 e. The van der Waals surface area contributed by atoms with E-state index in [9.17, 15) is 13.6 Å². The number of carbonyl (C=O) groups excluding carboxylic acids is 1. The van der Waals surface area contributed by atoms with Gasteiger partial charge >= 0.3 is 6.03 Å². The summed E-state index contributed by atoms with van der Waals surface area (Å²) in [4.78, 5) is 16.6. The number of amides is 2. The van der Waals surface area contributed by atoms with Crippen molar-refractivity contribution in [3.63, 3.8) is 0 Å². The quantitative estimate of drug-likeness (QED) is 0.423. The molecule has 2 amide bonds. The van der Waals surface area contributed by atoms with Gasteiger partial charge < -0.3 is 15.1 Å². The Bertz CT molecular complexity index is 1120. The first-order chi connectivity index (χ1) is 15.3. The van der Waals surface area contributed by atoms with Gasteiger partial charge in [-0.25, -0.2) is 13.6 Å². The number of urea groups is 1. The van der Waals surface area contributed by atoms with Crippen LogP contribution in [-0.4, -0.2) is 30.6 Å². The topological polar surface area (TPSA) is 35.6 Å². The van der Waals surface area contributed by atoms with Crippen molar-refractivity contribution in [2.75, 3.05) is 29.9 Å². The maximum atomic E-state index is 13.5. The van der Waals surface area contributed by atoms with Gasteiger partial charge in [0.1, 0.15) is 11.6 Å². The molecule has 9 heteroatoms. The monoisotopic (exact) mass is 495 g/mol. The molecule has 1 unspecified atom stereocenters. The zero-order chi connectivity index (χ0) is 22.8. The van der Waals surface area contributed by atoms with Crippen LogP contribution < -0.4 is 10.2 Å². The van der Waals surface area contributed by atoms with E-state index in [2.05, 4.69) is 10.2 Å². The van der Waals surface area contributed by atoms with Gasteiger partial charge in [0.2, 0.25) is 0 Å². The van der Waals surface area contributed by atoms with Crippen LogP contribution in [0.15, 0.2) is 60.7 Å². The number of rotatable bonds is 3. The van der Waals surface area contributed by atoms with Gasteiger partial charge in [-0.1, -0.05) is 46.9 Å². The van der Waals surface area contributed by atoms with Crippen LogP contribution in [0.5, 0.6) is 0 Å². The highest BCUT2D eigenvalue weighted by atomic mass is 35.5. The molecule has 4 nitrogen and oxygen atoms in total. The van der Waals surface area contributed by atoms with Crippen LogP contribution in [0.1, 0.15) is 11.6 Å². The lowest BCUT2D eigenvalue weighted by molar-refractivity contribution is 0.198. The highest BCUT2D eigenvalue weighted by molar-refractivity contribution is 6.36. The second kappa shape index (κ2) is 9.53. The number of halogens is 5. The van der Waals surface area contributed by atoms with Crippen LogP contribution in [0, 0.1) is 11.6 Å². The molecule has 3 aromatic rings. The van der Waals surface area contributed by atoms with E-state index in [1.54, 1.807) is 29.2 Å². The molecular weight excluding hydrogens is 479 g/mol. The van der Waals surface area contributed by atoms with Gasteiger partial charge in [0.15, 0.2) is 0 Å². The predicted octanol–water partition coefficient (Wildman–Crippen LogP) is 7.02.